The van der Waals surface area contributed by atoms with Crippen LogP contribution in [0.25, 0.3) is 22.3 Å². The van der Waals surface area contributed by atoms with Gasteiger partial charge in [-0.2, -0.15) is 5.10 Å². The molecule has 1 radical (unpaired) electrons. The molecule has 1 saturated carbocycles. The maximum Gasteiger partial charge on any atom is 0.164 e. The summed E-state index contributed by atoms with van der Waals surface area (Å²) in [5, 5.41) is 5.53. The van der Waals surface area contributed by atoms with Crippen molar-refractivity contribution in [2.45, 2.75) is 31.7 Å². The Hall–Kier alpha value is -2.96. The number of rotatable bonds is 3. The number of fused-ring (bicyclic) bond motifs is 1. The Labute approximate surface area is 144 Å². The highest BCUT2D eigenvalue weighted by molar-refractivity contribution is 5.98. The number of carbonyl (C=O) groups excluding carboxylic acids is 1. The van der Waals surface area contributed by atoms with E-state index in [2.05, 4.69) is 16.0 Å². The number of Topliss-reactive ketones (excluding diaryl/α,β-unsaturated/α-hetero) is 1. The van der Waals surface area contributed by atoms with Crippen molar-refractivity contribution < 1.29 is 9.53 Å². The standard InChI is InChI=1S/C18H18N5O2/c1-25-14-4-2-3-11(9-14)16-15-17(19)20-10-21-18(15)23(22-16)12-5-7-13(24)8-6-12/h2-3,9-10,12H,5-8H2,1H3,(H2,19,20,21). The Morgan fingerprint density at radius 3 is 2.88 bits per heavy atom. The van der Waals surface area contributed by atoms with Crippen LogP contribution in [0, 0.1) is 6.07 Å². The highest BCUT2D eigenvalue weighted by Gasteiger charge is 2.25. The van der Waals surface area contributed by atoms with E-state index < -0.39 is 0 Å². The van der Waals surface area contributed by atoms with Crippen molar-refractivity contribution in [2.75, 3.05) is 12.8 Å². The van der Waals surface area contributed by atoms with Gasteiger partial charge in [-0.3, -0.25) is 4.79 Å². The average Bonchev–Trinajstić information content (AvgIpc) is 3.03. The number of benzene rings is 1. The molecule has 0 saturated heterocycles. The van der Waals surface area contributed by atoms with Gasteiger partial charge in [-0.1, -0.05) is 6.07 Å². The third-order valence-electron chi connectivity index (χ3n) is 4.65. The number of nitrogens with zero attached hydrogens (tertiary/aromatic N) is 4. The van der Waals surface area contributed by atoms with Gasteiger partial charge in [0.1, 0.15) is 29.4 Å². The Morgan fingerprint density at radius 1 is 1.32 bits per heavy atom. The molecule has 1 aromatic carbocycles. The quantitative estimate of drug-likeness (QED) is 0.789. The van der Waals surface area contributed by atoms with Crippen molar-refractivity contribution in [3.05, 3.63) is 30.6 Å². The summed E-state index contributed by atoms with van der Waals surface area (Å²) in [6.07, 6.45) is 4.15. The van der Waals surface area contributed by atoms with E-state index in [1.165, 1.54) is 6.33 Å². The molecule has 1 fully saturated rings. The Kier molecular flexibility index (Phi) is 3.83. The number of methoxy groups -OCH3 is 1. The molecule has 2 aromatic heterocycles. The minimum Gasteiger partial charge on any atom is -0.496 e. The minimum absolute atomic E-state index is 0.139. The number of nitrogen functional groups attached to an aromatic ring is 1. The Morgan fingerprint density at radius 2 is 2.12 bits per heavy atom. The number of carbonyl (C=O) groups is 1. The topological polar surface area (TPSA) is 95.9 Å². The third kappa shape index (κ3) is 2.71. The van der Waals surface area contributed by atoms with Crippen molar-refractivity contribution in [1.82, 2.24) is 19.7 Å². The molecule has 1 aliphatic rings. The number of ketones is 1. The van der Waals surface area contributed by atoms with Gasteiger partial charge < -0.3 is 10.5 Å². The minimum atomic E-state index is 0.139. The van der Waals surface area contributed by atoms with Crippen LogP contribution >= 0.6 is 0 Å². The highest BCUT2D eigenvalue weighted by atomic mass is 16.5. The lowest BCUT2D eigenvalue weighted by Gasteiger charge is -2.21. The highest BCUT2D eigenvalue weighted by Crippen LogP contribution is 2.35. The SMILES string of the molecule is COc1[c]ccc(-c2nn(C3CCC(=O)CC3)c3ncnc(N)c23)c1. The third-order valence-corrected chi connectivity index (χ3v) is 4.65. The molecule has 25 heavy (non-hydrogen) atoms. The number of hydrogen-bond acceptors (Lipinski definition) is 6. The predicted octanol–water partition coefficient (Wildman–Crippen LogP) is 2.57. The van der Waals surface area contributed by atoms with Gasteiger partial charge in [0.05, 0.1) is 18.5 Å². The van der Waals surface area contributed by atoms with Crippen LogP contribution in [-0.4, -0.2) is 32.6 Å². The lowest BCUT2D eigenvalue weighted by Crippen LogP contribution is -2.19. The molecule has 2 heterocycles. The molecule has 1 aliphatic carbocycles. The molecule has 0 amide bonds. The molecule has 7 heteroatoms. The predicted molar refractivity (Wildman–Crippen MR) is 93.1 cm³/mol. The van der Waals surface area contributed by atoms with Crippen LogP contribution in [0.4, 0.5) is 5.82 Å². The summed E-state index contributed by atoms with van der Waals surface area (Å²) in [7, 11) is 1.60. The van der Waals surface area contributed by atoms with Crippen LogP contribution in [0.5, 0.6) is 5.75 Å². The Bertz CT molecular complexity index is 940. The number of nitrogens with two attached hydrogens (primary N) is 1. The summed E-state index contributed by atoms with van der Waals surface area (Å²) in [5.41, 5.74) is 8.42. The lowest BCUT2D eigenvalue weighted by molar-refractivity contribution is -0.120. The van der Waals surface area contributed by atoms with Crippen LogP contribution in [0.3, 0.4) is 0 Å². The zero-order valence-electron chi connectivity index (χ0n) is 13.9. The number of anilines is 1. The second-order valence-corrected chi connectivity index (χ2v) is 6.17. The van der Waals surface area contributed by atoms with Crippen molar-refractivity contribution in [3.63, 3.8) is 0 Å². The molecule has 7 nitrogen and oxygen atoms in total. The second-order valence-electron chi connectivity index (χ2n) is 6.17. The summed E-state index contributed by atoms with van der Waals surface area (Å²) in [5.74, 6) is 1.33. The molecule has 3 aromatic rings. The maximum absolute atomic E-state index is 11.6. The molecule has 0 unspecified atom stereocenters. The van der Waals surface area contributed by atoms with E-state index in [0.717, 1.165) is 29.5 Å². The zero-order chi connectivity index (χ0) is 17.4. The van der Waals surface area contributed by atoms with Crippen LogP contribution < -0.4 is 10.5 Å². The lowest BCUT2D eigenvalue weighted by atomic mass is 9.94. The number of aromatic nitrogens is 4. The summed E-state index contributed by atoms with van der Waals surface area (Å²) >= 11 is 0. The van der Waals surface area contributed by atoms with Crippen molar-refractivity contribution in [2.24, 2.45) is 0 Å². The van der Waals surface area contributed by atoms with E-state index >= 15 is 0 Å². The molecule has 0 atom stereocenters. The summed E-state index contributed by atoms with van der Waals surface area (Å²) in [4.78, 5) is 20.1. The second kappa shape index (κ2) is 6.16. The molecule has 0 spiro atoms. The monoisotopic (exact) mass is 336 g/mol. The van der Waals surface area contributed by atoms with Crippen molar-refractivity contribution in [3.8, 4) is 17.0 Å². The van der Waals surface area contributed by atoms with E-state index in [-0.39, 0.29) is 6.04 Å². The van der Waals surface area contributed by atoms with E-state index in [1.54, 1.807) is 13.2 Å². The van der Waals surface area contributed by atoms with Crippen molar-refractivity contribution >= 4 is 22.6 Å². The number of ether oxygens (including phenoxy) is 1. The zero-order valence-corrected chi connectivity index (χ0v) is 13.9. The van der Waals surface area contributed by atoms with Gasteiger partial charge in [0.25, 0.3) is 0 Å². The maximum atomic E-state index is 11.6. The van der Waals surface area contributed by atoms with E-state index in [4.69, 9.17) is 15.6 Å². The van der Waals surface area contributed by atoms with Gasteiger partial charge in [-0.25, -0.2) is 14.6 Å². The molecule has 2 N–H and O–H groups in total. The first kappa shape index (κ1) is 15.6. The van der Waals surface area contributed by atoms with Crippen LogP contribution in [0.15, 0.2) is 24.5 Å². The Balaban J connectivity index is 1.88. The first-order valence-corrected chi connectivity index (χ1v) is 8.24. The van der Waals surface area contributed by atoms with Crippen molar-refractivity contribution in [1.29, 1.82) is 0 Å². The summed E-state index contributed by atoms with van der Waals surface area (Å²) in [6.45, 7) is 0. The van der Waals surface area contributed by atoms with Gasteiger partial charge in [0, 0.05) is 24.5 Å². The van der Waals surface area contributed by atoms with Crippen LogP contribution in [-0.2, 0) is 4.79 Å². The molecular weight excluding hydrogens is 318 g/mol. The fourth-order valence-corrected chi connectivity index (χ4v) is 3.33. The molecular formula is C18H18N5O2. The smallest absolute Gasteiger partial charge is 0.164 e. The van der Waals surface area contributed by atoms with Crippen LogP contribution in [0.1, 0.15) is 31.7 Å². The summed E-state index contributed by atoms with van der Waals surface area (Å²) < 4.78 is 7.16. The molecule has 4 rings (SSSR count). The van der Waals surface area contributed by atoms with E-state index in [0.29, 0.717) is 35.8 Å². The molecule has 0 bridgehead atoms. The van der Waals surface area contributed by atoms with Crippen LogP contribution in [0.2, 0.25) is 0 Å². The van der Waals surface area contributed by atoms with Gasteiger partial charge in [-0.05, 0) is 25.0 Å². The first-order chi connectivity index (χ1) is 12.2. The fourth-order valence-electron chi connectivity index (χ4n) is 3.33. The fraction of sp³-hybridized carbons (Fsp3) is 0.333. The molecule has 0 aliphatic heterocycles. The van der Waals surface area contributed by atoms with Gasteiger partial charge in [0.2, 0.25) is 0 Å². The largest absolute Gasteiger partial charge is 0.496 e. The number of hydrogen-bond donors (Lipinski definition) is 1. The van der Waals surface area contributed by atoms with Gasteiger partial charge in [0.15, 0.2) is 5.65 Å². The van der Waals surface area contributed by atoms with Gasteiger partial charge in [-0.15, -0.1) is 0 Å². The van der Waals surface area contributed by atoms with E-state index in [9.17, 15) is 4.79 Å². The summed E-state index contributed by atoms with van der Waals surface area (Å²) in [6, 6.07) is 8.71. The first-order valence-electron chi connectivity index (χ1n) is 8.24. The molecule has 127 valence electrons. The average molecular weight is 336 g/mol. The van der Waals surface area contributed by atoms with Gasteiger partial charge >= 0.3 is 0 Å². The normalized spacial score (nSPS) is 15.6. The van der Waals surface area contributed by atoms with E-state index in [1.807, 2.05) is 16.8 Å².